The molecule has 12 rings (SSSR count). The monoisotopic (exact) mass is 730 g/mol. The van der Waals surface area contributed by atoms with Crippen molar-refractivity contribution >= 4 is 16.8 Å². The van der Waals surface area contributed by atoms with Gasteiger partial charge >= 0.3 is 0 Å². The van der Waals surface area contributed by atoms with Crippen molar-refractivity contribution in [3.63, 3.8) is 0 Å². The molecule has 4 aliphatic carbocycles. The summed E-state index contributed by atoms with van der Waals surface area (Å²) in [5.41, 5.74) is 16.2. The molecule has 0 saturated carbocycles. The van der Waals surface area contributed by atoms with Crippen LogP contribution in [0.15, 0.2) is 193 Å². The highest BCUT2D eigenvalue weighted by molar-refractivity contribution is 5.98. The van der Waals surface area contributed by atoms with Crippen LogP contribution in [-0.2, 0) is 16.6 Å². The minimum atomic E-state index is -0.443. The summed E-state index contributed by atoms with van der Waals surface area (Å²) in [4.78, 5) is 10.8. The van der Waals surface area contributed by atoms with Crippen LogP contribution >= 0.6 is 0 Å². The molecule has 0 N–H and O–H groups in total. The van der Waals surface area contributed by atoms with Gasteiger partial charge in [0.1, 0.15) is 11.9 Å². The van der Waals surface area contributed by atoms with Crippen LogP contribution in [0.3, 0.4) is 0 Å². The maximum atomic E-state index is 7.30. The second-order valence-electron chi connectivity index (χ2n) is 15.8. The number of fused-ring (bicyclic) bond motifs is 8. The largest absolute Gasteiger partial charge is 0.489 e. The van der Waals surface area contributed by atoms with E-state index < -0.39 is 5.41 Å². The Morgan fingerprint density at radius 3 is 2.16 bits per heavy atom. The molecular weight excluding hydrogens is 693 g/mol. The molecule has 5 aliphatic rings. The first-order chi connectivity index (χ1) is 28.3. The lowest BCUT2D eigenvalue weighted by Gasteiger charge is -2.48. The van der Waals surface area contributed by atoms with Crippen molar-refractivity contribution in [1.82, 2.24) is 9.97 Å². The Morgan fingerprint density at radius 1 is 0.596 bits per heavy atom. The molecule has 3 nitrogen and oxygen atoms in total. The molecule has 0 bridgehead atoms. The highest BCUT2D eigenvalue weighted by atomic mass is 16.5. The van der Waals surface area contributed by atoms with Gasteiger partial charge in [-0.2, -0.15) is 0 Å². The predicted molar refractivity (Wildman–Crippen MR) is 231 cm³/mol. The van der Waals surface area contributed by atoms with E-state index in [2.05, 4.69) is 182 Å². The fourth-order valence-electron chi connectivity index (χ4n) is 10.4. The summed E-state index contributed by atoms with van der Waals surface area (Å²) >= 11 is 0. The van der Waals surface area contributed by atoms with Crippen LogP contribution in [0, 0.1) is 0 Å². The third-order valence-corrected chi connectivity index (χ3v) is 12.8. The van der Waals surface area contributed by atoms with Gasteiger partial charge in [-0.3, -0.25) is 0 Å². The molecule has 1 spiro atoms. The van der Waals surface area contributed by atoms with Crippen molar-refractivity contribution < 1.29 is 4.74 Å². The summed E-state index contributed by atoms with van der Waals surface area (Å²) in [6, 6.07) is 50.7. The van der Waals surface area contributed by atoms with Crippen LogP contribution in [0.2, 0.25) is 0 Å². The van der Waals surface area contributed by atoms with Gasteiger partial charge in [-0.15, -0.1) is 0 Å². The maximum absolute atomic E-state index is 7.30. The zero-order valence-electron chi connectivity index (χ0n) is 31.4. The molecule has 0 amide bonds. The first-order valence-electron chi connectivity index (χ1n) is 20.2. The Bertz CT molecular complexity index is 2930. The average molecular weight is 731 g/mol. The molecule has 2 unspecified atom stereocenters. The van der Waals surface area contributed by atoms with Crippen molar-refractivity contribution in [3.8, 4) is 45.0 Å². The Labute approximate surface area is 332 Å². The van der Waals surface area contributed by atoms with Gasteiger partial charge < -0.3 is 4.74 Å². The SMILES string of the molecule is C1=CCC2OC3=C(C=CCC3c3ccccc3-c3nc(-c4ccccc4)cc(-c4cc5c6c(cccc6c4)CC=C5)n3)C3(C2=C1)c1ccccc1-c1ccccc13. The van der Waals surface area contributed by atoms with Crippen molar-refractivity contribution in [2.24, 2.45) is 0 Å². The number of aromatic nitrogens is 2. The number of hydrogen-bond donors (Lipinski definition) is 0. The lowest BCUT2D eigenvalue weighted by molar-refractivity contribution is 0.104. The molecule has 0 saturated heterocycles. The zero-order chi connectivity index (χ0) is 37.5. The molecular formula is C54H38N2O. The van der Waals surface area contributed by atoms with Crippen LogP contribution in [-0.4, -0.2) is 16.1 Å². The number of hydrogen-bond acceptors (Lipinski definition) is 3. The standard InChI is InChI=1S/C54H38N2O/c1-2-15-34(16-3-1)48-33-49(38-31-36-19-12-17-35-18-13-20-37(32-38)51(35)36)56-53(55-48)43-24-5-4-21-39(43)42-25-14-29-47-52(42)57-50-30-11-10-28-46(50)54(47)44-26-8-6-22-40(44)41-23-7-9-27-45(41)54/h1-17,19-24,26-29,31-33,42,50H,18,25,30H2. The van der Waals surface area contributed by atoms with E-state index in [-0.39, 0.29) is 12.0 Å². The molecule has 1 aromatic heterocycles. The van der Waals surface area contributed by atoms with Crippen LogP contribution in [0.5, 0.6) is 0 Å². The van der Waals surface area contributed by atoms with Gasteiger partial charge in [0.25, 0.3) is 0 Å². The molecule has 7 aromatic rings. The van der Waals surface area contributed by atoms with Gasteiger partial charge in [-0.05, 0) is 86.3 Å². The van der Waals surface area contributed by atoms with E-state index in [1.165, 1.54) is 60.9 Å². The number of nitrogens with zero attached hydrogens (tertiary/aromatic N) is 2. The summed E-state index contributed by atoms with van der Waals surface area (Å²) in [6.45, 7) is 0. The van der Waals surface area contributed by atoms with Crippen molar-refractivity contribution in [2.75, 3.05) is 0 Å². The fraction of sp³-hybridized carbons (Fsp3) is 0.111. The fourth-order valence-corrected chi connectivity index (χ4v) is 10.4. The molecule has 0 fully saturated rings. The quantitative estimate of drug-likeness (QED) is 0.181. The Balaban J connectivity index is 1.07. The van der Waals surface area contributed by atoms with Crippen molar-refractivity contribution in [1.29, 1.82) is 0 Å². The topological polar surface area (TPSA) is 35.0 Å². The zero-order valence-corrected chi connectivity index (χ0v) is 31.4. The molecule has 3 heteroatoms. The number of rotatable bonds is 4. The minimum absolute atomic E-state index is 0.0217. The normalized spacial score (nSPS) is 19.1. The van der Waals surface area contributed by atoms with Crippen LogP contribution < -0.4 is 0 Å². The molecule has 57 heavy (non-hydrogen) atoms. The Hall–Kier alpha value is -6.84. The van der Waals surface area contributed by atoms with E-state index in [0.717, 1.165) is 58.9 Å². The minimum Gasteiger partial charge on any atom is -0.489 e. The summed E-state index contributed by atoms with van der Waals surface area (Å²) in [7, 11) is 0. The van der Waals surface area contributed by atoms with E-state index in [4.69, 9.17) is 14.7 Å². The van der Waals surface area contributed by atoms with Gasteiger partial charge in [0.2, 0.25) is 0 Å². The molecule has 6 aromatic carbocycles. The number of allylic oxidation sites excluding steroid dienone is 7. The van der Waals surface area contributed by atoms with E-state index in [1.54, 1.807) is 0 Å². The van der Waals surface area contributed by atoms with E-state index in [0.29, 0.717) is 0 Å². The van der Waals surface area contributed by atoms with Crippen LogP contribution in [0.4, 0.5) is 0 Å². The molecule has 270 valence electrons. The lowest BCUT2D eigenvalue weighted by atomic mass is 9.60. The number of ether oxygens (including phenoxy) is 1. The van der Waals surface area contributed by atoms with E-state index >= 15 is 0 Å². The third kappa shape index (κ3) is 4.79. The molecule has 2 atom stereocenters. The Kier molecular flexibility index (Phi) is 7.16. The predicted octanol–water partition coefficient (Wildman–Crippen LogP) is 12.7. The summed E-state index contributed by atoms with van der Waals surface area (Å²) in [6.07, 6.45) is 18.6. The van der Waals surface area contributed by atoms with Gasteiger partial charge in [0.15, 0.2) is 5.82 Å². The van der Waals surface area contributed by atoms with Crippen LogP contribution in [0.25, 0.3) is 61.9 Å². The second-order valence-corrected chi connectivity index (χ2v) is 15.8. The second kappa shape index (κ2) is 12.6. The molecule has 0 radical (unpaired) electrons. The lowest BCUT2D eigenvalue weighted by Crippen LogP contribution is -2.43. The third-order valence-electron chi connectivity index (χ3n) is 12.8. The Morgan fingerprint density at radius 2 is 1.33 bits per heavy atom. The average Bonchev–Trinajstić information content (AvgIpc) is 3.57. The van der Waals surface area contributed by atoms with Crippen molar-refractivity contribution in [2.45, 2.75) is 36.7 Å². The summed E-state index contributed by atoms with van der Waals surface area (Å²) in [5, 5.41) is 2.58. The maximum Gasteiger partial charge on any atom is 0.160 e. The summed E-state index contributed by atoms with van der Waals surface area (Å²) < 4.78 is 7.30. The smallest absolute Gasteiger partial charge is 0.160 e. The summed E-state index contributed by atoms with van der Waals surface area (Å²) in [5.74, 6) is 1.76. The van der Waals surface area contributed by atoms with Gasteiger partial charge in [0.05, 0.1) is 16.8 Å². The first-order valence-corrected chi connectivity index (χ1v) is 20.2. The highest BCUT2D eigenvalue weighted by Crippen LogP contribution is 2.63. The van der Waals surface area contributed by atoms with E-state index in [9.17, 15) is 0 Å². The molecule has 1 aliphatic heterocycles. The van der Waals surface area contributed by atoms with Crippen molar-refractivity contribution in [3.05, 3.63) is 221 Å². The van der Waals surface area contributed by atoms with Gasteiger partial charge in [0, 0.05) is 34.6 Å². The van der Waals surface area contributed by atoms with Gasteiger partial charge in [-0.1, -0.05) is 164 Å². The number of benzene rings is 6. The highest BCUT2D eigenvalue weighted by Gasteiger charge is 2.55. The molecule has 2 heterocycles. The van der Waals surface area contributed by atoms with Gasteiger partial charge in [-0.25, -0.2) is 9.97 Å². The van der Waals surface area contributed by atoms with E-state index in [1.807, 2.05) is 0 Å². The van der Waals surface area contributed by atoms with Crippen LogP contribution in [0.1, 0.15) is 46.6 Å². The first kappa shape index (κ1) is 32.4.